The predicted octanol–water partition coefficient (Wildman–Crippen LogP) is 5.47. The van der Waals surface area contributed by atoms with E-state index in [1.165, 1.54) is 4.90 Å². The molecule has 2 amide bonds. The lowest BCUT2D eigenvalue weighted by molar-refractivity contribution is -0.123. The van der Waals surface area contributed by atoms with Gasteiger partial charge in [-0.25, -0.2) is 0 Å². The van der Waals surface area contributed by atoms with E-state index in [-0.39, 0.29) is 24.5 Å². The molecule has 0 aromatic heterocycles. The van der Waals surface area contributed by atoms with Crippen LogP contribution in [0, 0.1) is 0 Å². The minimum atomic E-state index is -0.376. The quantitative estimate of drug-likeness (QED) is 0.488. The largest absolute Gasteiger partial charge is 0.496 e. The van der Waals surface area contributed by atoms with Gasteiger partial charge in [0.05, 0.1) is 18.6 Å². The van der Waals surface area contributed by atoms with E-state index in [9.17, 15) is 9.59 Å². The Bertz CT molecular complexity index is 1270. The Morgan fingerprint density at radius 3 is 2.71 bits per heavy atom. The van der Waals surface area contributed by atoms with Gasteiger partial charge in [0.15, 0.2) is 11.5 Å². The second kappa shape index (κ2) is 7.83. The summed E-state index contributed by atoms with van der Waals surface area (Å²) in [6.07, 6.45) is 1.72. The van der Waals surface area contributed by atoms with Crippen LogP contribution in [0.15, 0.2) is 53.4 Å². The first-order chi connectivity index (χ1) is 15.0. The Kier molecular flexibility index (Phi) is 5.00. The topological polar surface area (TPSA) is 65.1 Å². The van der Waals surface area contributed by atoms with Crippen LogP contribution >= 0.6 is 23.4 Å². The highest BCUT2D eigenvalue weighted by atomic mass is 35.5. The van der Waals surface area contributed by atoms with Gasteiger partial charge in [-0.1, -0.05) is 41.9 Å². The maximum atomic E-state index is 13.1. The van der Waals surface area contributed by atoms with E-state index in [4.69, 9.17) is 25.8 Å². The first-order valence-electron chi connectivity index (χ1n) is 9.44. The lowest BCUT2D eigenvalue weighted by Gasteiger charge is -2.14. The summed E-state index contributed by atoms with van der Waals surface area (Å²) in [5, 5.41) is 2.00. The third kappa shape index (κ3) is 3.49. The number of benzene rings is 3. The zero-order chi connectivity index (χ0) is 21.5. The smallest absolute Gasteiger partial charge is 0.293 e. The number of amides is 2. The molecule has 0 N–H and O–H groups in total. The molecule has 3 aromatic rings. The molecule has 0 aliphatic carbocycles. The summed E-state index contributed by atoms with van der Waals surface area (Å²) in [4.78, 5) is 27.2. The van der Waals surface area contributed by atoms with Crippen molar-refractivity contribution < 1.29 is 23.8 Å². The number of rotatable bonds is 4. The first kappa shape index (κ1) is 19.8. The number of hydrogen-bond acceptors (Lipinski definition) is 6. The Labute approximate surface area is 187 Å². The zero-order valence-electron chi connectivity index (χ0n) is 16.4. The molecular weight excluding hydrogens is 438 g/mol. The van der Waals surface area contributed by atoms with Crippen LogP contribution in [0.1, 0.15) is 11.1 Å². The second-order valence-electron chi connectivity index (χ2n) is 6.97. The van der Waals surface area contributed by atoms with Crippen LogP contribution in [0.5, 0.6) is 17.2 Å². The van der Waals surface area contributed by atoms with E-state index < -0.39 is 0 Å². The monoisotopic (exact) mass is 453 g/mol. The highest BCUT2D eigenvalue weighted by Crippen LogP contribution is 2.40. The number of carbonyl (C=O) groups is 2. The summed E-state index contributed by atoms with van der Waals surface area (Å²) in [7, 11) is 1.58. The van der Waals surface area contributed by atoms with Crippen LogP contribution in [0.4, 0.5) is 4.79 Å². The number of thioether (sulfide) groups is 1. The van der Waals surface area contributed by atoms with Crippen LogP contribution in [0.3, 0.4) is 0 Å². The Morgan fingerprint density at radius 2 is 1.90 bits per heavy atom. The molecule has 8 heteroatoms. The van der Waals surface area contributed by atoms with Gasteiger partial charge in [0.1, 0.15) is 5.75 Å². The number of imide groups is 1. The van der Waals surface area contributed by atoms with Gasteiger partial charge in [0, 0.05) is 16.7 Å². The molecule has 0 saturated carbocycles. The lowest BCUT2D eigenvalue weighted by Crippen LogP contribution is -2.27. The van der Waals surface area contributed by atoms with Crippen molar-refractivity contribution in [2.75, 3.05) is 13.9 Å². The molecule has 3 aromatic carbocycles. The lowest BCUT2D eigenvalue weighted by atomic mass is 10.0. The molecule has 1 saturated heterocycles. The molecule has 6 nitrogen and oxygen atoms in total. The van der Waals surface area contributed by atoms with Gasteiger partial charge in [0.2, 0.25) is 6.79 Å². The fourth-order valence-electron chi connectivity index (χ4n) is 3.62. The molecule has 0 unspecified atom stereocenters. The highest BCUT2D eigenvalue weighted by molar-refractivity contribution is 8.18. The van der Waals surface area contributed by atoms with E-state index in [0.717, 1.165) is 28.1 Å². The number of carbonyl (C=O) groups excluding carboxylic acids is 2. The maximum Gasteiger partial charge on any atom is 0.293 e. The molecule has 2 aliphatic heterocycles. The van der Waals surface area contributed by atoms with Crippen molar-refractivity contribution in [3.05, 3.63) is 69.6 Å². The fraction of sp³-hybridized carbons (Fsp3) is 0.130. The third-order valence-corrected chi connectivity index (χ3v) is 6.43. The molecule has 156 valence electrons. The van der Waals surface area contributed by atoms with Gasteiger partial charge in [0.25, 0.3) is 11.1 Å². The first-order valence-corrected chi connectivity index (χ1v) is 10.6. The standard InChI is InChI=1S/C23H16ClNO5S/c1-28-18-7-6-13-4-2-3-5-15(13)16(18)9-21-22(26)25(23(27)31-21)11-14-8-19-20(10-17(14)24)30-12-29-19/h2-10H,11-12H2,1H3/b21-9+. The molecule has 0 atom stereocenters. The molecule has 0 radical (unpaired) electrons. The van der Waals surface area contributed by atoms with Gasteiger partial charge >= 0.3 is 0 Å². The van der Waals surface area contributed by atoms with E-state index >= 15 is 0 Å². The molecule has 2 heterocycles. The van der Waals surface area contributed by atoms with Crippen molar-refractivity contribution in [3.63, 3.8) is 0 Å². The minimum absolute atomic E-state index is 0.0458. The van der Waals surface area contributed by atoms with Crippen molar-refractivity contribution in [2.24, 2.45) is 0 Å². The van der Waals surface area contributed by atoms with Gasteiger partial charge in [-0.15, -0.1) is 0 Å². The van der Waals surface area contributed by atoms with Crippen molar-refractivity contribution in [1.82, 2.24) is 4.90 Å². The summed E-state index contributed by atoms with van der Waals surface area (Å²) in [6.45, 7) is 0.163. The average Bonchev–Trinajstić information content (AvgIpc) is 3.33. The average molecular weight is 454 g/mol. The highest BCUT2D eigenvalue weighted by Gasteiger charge is 2.36. The van der Waals surface area contributed by atoms with Crippen LogP contribution in [-0.4, -0.2) is 29.9 Å². The predicted molar refractivity (Wildman–Crippen MR) is 120 cm³/mol. The third-order valence-electron chi connectivity index (χ3n) is 5.17. The number of halogens is 1. The summed E-state index contributed by atoms with van der Waals surface area (Å²) in [6, 6.07) is 15.0. The van der Waals surface area contributed by atoms with E-state index in [2.05, 4.69) is 0 Å². The molecular formula is C23H16ClNO5S. The second-order valence-corrected chi connectivity index (χ2v) is 8.37. The van der Waals surface area contributed by atoms with Crippen LogP contribution in [0.25, 0.3) is 16.8 Å². The number of fused-ring (bicyclic) bond motifs is 2. The molecule has 2 aliphatic rings. The van der Waals surface area contributed by atoms with E-state index in [1.54, 1.807) is 25.3 Å². The molecule has 0 bridgehead atoms. The molecule has 31 heavy (non-hydrogen) atoms. The van der Waals surface area contributed by atoms with E-state index in [0.29, 0.717) is 32.7 Å². The number of methoxy groups -OCH3 is 1. The SMILES string of the molecule is COc1ccc2ccccc2c1/C=C1/SC(=O)N(Cc2cc3c(cc2Cl)OCO3)C1=O. The Balaban J connectivity index is 1.49. The summed E-state index contributed by atoms with van der Waals surface area (Å²) < 4.78 is 16.2. The zero-order valence-corrected chi connectivity index (χ0v) is 18.0. The molecule has 5 rings (SSSR count). The van der Waals surface area contributed by atoms with Crippen LogP contribution in [-0.2, 0) is 11.3 Å². The van der Waals surface area contributed by atoms with Gasteiger partial charge < -0.3 is 14.2 Å². The van der Waals surface area contributed by atoms with Crippen LogP contribution in [0.2, 0.25) is 5.02 Å². The van der Waals surface area contributed by atoms with E-state index in [1.807, 2.05) is 36.4 Å². The van der Waals surface area contributed by atoms with Gasteiger partial charge in [-0.3, -0.25) is 14.5 Å². The van der Waals surface area contributed by atoms with Crippen molar-refractivity contribution >= 4 is 51.4 Å². The number of ether oxygens (including phenoxy) is 3. The van der Waals surface area contributed by atoms with Crippen molar-refractivity contribution in [2.45, 2.75) is 6.54 Å². The van der Waals surface area contributed by atoms with Gasteiger partial charge in [-0.2, -0.15) is 0 Å². The Hall–Kier alpha value is -3.16. The summed E-state index contributed by atoms with van der Waals surface area (Å²) in [5.41, 5.74) is 1.37. The molecule has 0 spiro atoms. The van der Waals surface area contributed by atoms with Gasteiger partial charge in [-0.05, 0) is 46.3 Å². The number of nitrogens with zero attached hydrogens (tertiary/aromatic N) is 1. The summed E-state index contributed by atoms with van der Waals surface area (Å²) >= 11 is 7.23. The maximum absolute atomic E-state index is 13.1. The normalized spacial score (nSPS) is 16.6. The Morgan fingerprint density at radius 1 is 1.13 bits per heavy atom. The minimum Gasteiger partial charge on any atom is -0.496 e. The summed E-state index contributed by atoms with van der Waals surface area (Å²) in [5.74, 6) is 1.34. The fourth-order valence-corrected chi connectivity index (χ4v) is 4.65. The van der Waals surface area contributed by atoms with Crippen molar-refractivity contribution in [3.8, 4) is 17.2 Å². The van der Waals surface area contributed by atoms with Crippen LogP contribution < -0.4 is 14.2 Å². The number of hydrogen-bond donors (Lipinski definition) is 0. The molecule has 1 fully saturated rings. The van der Waals surface area contributed by atoms with Crippen molar-refractivity contribution in [1.29, 1.82) is 0 Å².